The van der Waals surface area contributed by atoms with Crippen LogP contribution in [0.1, 0.15) is 12.8 Å². The Bertz CT molecular complexity index is 417. The lowest BCUT2D eigenvalue weighted by Crippen LogP contribution is -2.52. The van der Waals surface area contributed by atoms with Gasteiger partial charge in [-0.25, -0.2) is 0 Å². The van der Waals surface area contributed by atoms with Crippen LogP contribution in [-0.2, 0) is 0 Å². The SMILES string of the molecule is CN1C2CCC1CN(c1cccc(N)c1N)C2. The zero-order chi connectivity index (χ0) is 12.0. The molecule has 0 aromatic heterocycles. The van der Waals surface area contributed by atoms with Gasteiger partial charge in [-0.3, -0.25) is 4.90 Å². The normalized spacial score (nSPS) is 28.6. The van der Waals surface area contributed by atoms with Crippen molar-refractivity contribution in [1.82, 2.24) is 4.90 Å². The molecule has 92 valence electrons. The van der Waals surface area contributed by atoms with Gasteiger partial charge in [-0.1, -0.05) is 6.07 Å². The van der Waals surface area contributed by atoms with Crippen molar-refractivity contribution >= 4 is 17.1 Å². The summed E-state index contributed by atoms with van der Waals surface area (Å²) in [6.07, 6.45) is 2.61. The molecule has 2 bridgehead atoms. The lowest BCUT2D eigenvalue weighted by molar-refractivity contribution is 0.212. The second-order valence-electron chi connectivity index (χ2n) is 5.24. The molecule has 0 radical (unpaired) electrons. The van der Waals surface area contributed by atoms with E-state index < -0.39 is 0 Å². The van der Waals surface area contributed by atoms with Crippen molar-refractivity contribution in [2.45, 2.75) is 24.9 Å². The molecule has 1 aromatic carbocycles. The van der Waals surface area contributed by atoms with Gasteiger partial charge in [-0.15, -0.1) is 0 Å². The van der Waals surface area contributed by atoms with Crippen LogP contribution in [0.15, 0.2) is 18.2 Å². The highest BCUT2D eigenvalue weighted by atomic mass is 15.3. The number of hydrogen-bond donors (Lipinski definition) is 2. The van der Waals surface area contributed by atoms with Crippen molar-refractivity contribution in [3.8, 4) is 0 Å². The Morgan fingerprint density at radius 3 is 2.41 bits per heavy atom. The largest absolute Gasteiger partial charge is 0.397 e. The summed E-state index contributed by atoms with van der Waals surface area (Å²) in [5.41, 5.74) is 14.5. The van der Waals surface area contributed by atoms with E-state index in [0.29, 0.717) is 17.8 Å². The van der Waals surface area contributed by atoms with Gasteiger partial charge in [0.05, 0.1) is 17.1 Å². The van der Waals surface area contributed by atoms with Crippen LogP contribution >= 0.6 is 0 Å². The molecule has 0 spiro atoms. The van der Waals surface area contributed by atoms with E-state index in [9.17, 15) is 0 Å². The van der Waals surface area contributed by atoms with E-state index in [2.05, 4.69) is 22.9 Å². The number of likely N-dealkylation sites (N-methyl/N-ethyl adjacent to an activating group) is 1. The summed E-state index contributed by atoms with van der Waals surface area (Å²) >= 11 is 0. The molecule has 0 aliphatic carbocycles. The van der Waals surface area contributed by atoms with Gasteiger partial charge in [0.15, 0.2) is 0 Å². The topological polar surface area (TPSA) is 58.5 Å². The third-order valence-electron chi connectivity index (χ3n) is 4.30. The van der Waals surface area contributed by atoms with Crippen molar-refractivity contribution in [2.24, 2.45) is 0 Å². The summed E-state index contributed by atoms with van der Waals surface area (Å²) in [5, 5.41) is 0. The molecular weight excluding hydrogens is 212 g/mol. The second-order valence-corrected chi connectivity index (χ2v) is 5.24. The maximum atomic E-state index is 6.08. The average Bonchev–Trinajstić information content (AvgIpc) is 2.54. The highest BCUT2D eigenvalue weighted by Crippen LogP contribution is 2.35. The van der Waals surface area contributed by atoms with E-state index in [4.69, 9.17) is 11.5 Å². The Balaban J connectivity index is 1.89. The van der Waals surface area contributed by atoms with Gasteiger partial charge in [0, 0.05) is 25.2 Å². The molecule has 2 saturated heterocycles. The number of nitrogen functional groups attached to an aromatic ring is 2. The van der Waals surface area contributed by atoms with E-state index in [-0.39, 0.29) is 0 Å². The number of benzene rings is 1. The minimum absolute atomic E-state index is 0.676. The quantitative estimate of drug-likeness (QED) is 0.713. The molecular formula is C13H20N4. The third-order valence-corrected chi connectivity index (χ3v) is 4.30. The summed E-state index contributed by atoms with van der Waals surface area (Å²) in [6.45, 7) is 2.14. The van der Waals surface area contributed by atoms with Crippen LogP contribution in [0.3, 0.4) is 0 Å². The zero-order valence-electron chi connectivity index (χ0n) is 10.3. The van der Waals surface area contributed by atoms with Crippen molar-refractivity contribution < 1.29 is 0 Å². The zero-order valence-corrected chi connectivity index (χ0v) is 10.3. The number of para-hydroxylation sites is 1. The van der Waals surface area contributed by atoms with Crippen LogP contribution in [0.25, 0.3) is 0 Å². The van der Waals surface area contributed by atoms with Crippen molar-refractivity contribution in [3.05, 3.63) is 18.2 Å². The van der Waals surface area contributed by atoms with Crippen LogP contribution in [-0.4, -0.2) is 37.1 Å². The number of nitrogens with zero attached hydrogens (tertiary/aromatic N) is 2. The fourth-order valence-electron chi connectivity index (χ4n) is 3.16. The Hall–Kier alpha value is -1.42. The molecule has 2 unspecified atom stereocenters. The highest BCUT2D eigenvalue weighted by Gasteiger charge is 2.37. The molecule has 17 heavy (non-hydrogen) atoms. The molecule has 2 fully saturated rings. The number of anilines is 3. The lowest BCUT2D eigenvalue weighted by atomic mass is 10.1. The number of nitrogens with two attached hydrogens (primary N) is 2. The first kappa shape index (κ1) is 10.7. The van der Waals surface area contributed by atoms with Crippen molar-refractivity contribution in [1.29, 1.82) is 0 Å². The Morgan fingerprint density at radius 2 is 1.76 bits per heavy atom. The molecule has 2 aliphatic rings. The first-order chi connectivity index (χ1) is 8.16. The van der Waals surface area contributed by atoms with Gasteiger partial charge >= 0.3 is 0 Å². The molecule has 3 rings (SSSR count). The van der Waals surface area contributed by atoms with Crippen LogP contribution in [0.5, 0.6) is 0 Å². The fourth-order valence-corrected chi connectivity index (χ4v) is 3.16. The first-order valence-corrected chi connectivity index (χ1v) is 6.27. The van der Waals surface area contributed by atoms with E-state index in [0.717, 1.165) is 24.5 Å². The lowest BCUT2D eigenvalue weighted by Gasteiger charge is -2.40. The molecule has 2 atom stereocenters. The number of fused-ring (bicyclic) bond motifs is 2. The number of rotatable bonds is 1. The van der Waals surface area contributed by atoms with E-state index in [1.54, 1.807) is 0 Å². The van der Waals surface area contributed by atoms with Gasteiger partial charge in [-0.05, 0) is 32.0 Å². The minimum Gasteiger partial charge on any atom is -0.397 e. The minimum atomic E-state index is 0.676. The van der Waals surface area contributed by atoms with Gasteiger partial charge in [0.1, 0.15) is 0 Å². The van der Waals surface area contributed by atoms with Crippen LogP contribution in [0.4, 0.5) is 17.1 Å². The van der Waals surface area contributed by atoms with Crippen molar-refractivity contribution in [3.63, 3.8) is 0 Å². The summed E-state index contributed by atoms with van der Waals surface area (Å²) in [4.78, 5) is 4.91. The fraction of sp³-hybridized carbons (Fsp3) is 0.538. The summed E-state index contributed by atoms with van der Waals surface area (Å²) in [7, 11) is 2.24. The maximum Gasteiger partial charge on any atom is 0.0785 e. The average molecular weight is 232 g/mol. The maximum absolute atomic E-state index is 6.08. The number of piperazine rings is 1. The number of hydrogen-bond acceptors (Lipinski definition) is 4. The summed E-state index contributed by atoms with van der Waals surface area (Å²) in [5.74, 6) is 0. The van der Waals surface area contributed by atoms with Gasteiger partial charge < -0.3 is 16.4 Å². The second kappa shape index (κ2) is 3.81. The molecule has 0 saturated carbocycles. The van der Waals surface area contributed by atoms with Crippen molar-refractivity contribution in [2.75, 3.05) is 36.5 Å². The summed E-state index contributed by atoms with van der Waals surface area (Å²) in [6, 6.07) is 7.28. The predicted molar refractivity (Wildman–Crippen MR) is 72.1 cm³/mol. The van der Waals surface area contributed by atoms with E-state index in [1.165, 1.54) is 12.8 Å². The first-order valence-electron chi connectivity index (χ1n) is 6.27. The molecule has 0 amide bonds. The van der Waals surface area contributed by atoms with Gasteiger partial charge in [0.25, 0.3) is 0 Å². The van der Waals surface area contributed by atoms with Crippen LogP contribution in [0, 0.1) is 0 Å². The van der Waals surface area contributed by atoms with Gasteiger partial charge in [0.2, 0.25) is 0 Å². The third kappa shape index (κ3) is 1.63. The van der Waals surface area contributed by atoms with Crippen LogP contribution in [0.2, 0.25) is 0 Å². The monoisotopic (exact) mass is 232 g/mol. The highest BCUT2D eigenvalue weighted by molar-refractivity contribution is 5.79. The predicted octanol–water partition coefficient (Wildman–Crippen LogP) is 1.13. The molecule has 4 N–H and O–H groups in total. The Kier molecular flexibility index (Phi) is 2.40. The van der Waals surface area contributed by atoms with E-state index in [1.807, 2.05) is 12.1 Å². The molecule has 2 aliphatic heterocycles. The molecule has 2 heterocycles. The standard InChI is InChI=1S/C13H20N4/c1-16-9-5-6-10(16)8-17(7-9)12-4-2-3-11(14)13(12)15/h2-4,9-10H,5-8,14-15H2,1H3. The van der Waals surface area contributed by atoms with Crippen LogP contribution < -0.4 is 16.4 Å². The van der Waals surface area contributed by atoms with E-state index >= 15 is 0 Å². The van der Waals surface area contributed by atoms with Gasteiger partial charge in [-0.2, -0.15) is 0 Å². The molecule has 1 aromatic rings. The molecule has 4 nitrogen and oxygen atoms in total. The summed E-state index contributed by atoms with van der Waals surface area (Å²) < 4.78 is 0. The smallest absolute Gasteiger partial charge is 0.0785 e. The Morgan fingerprint density at radius 1 is 1.12 bits per heavy atom. The molecule has 4 heteroatoms. The Labute approximate surface area is 102 Å².